The summed E-state index contributed by atoms with van der Waals surface area (Å²) in [5.74, 6) is 1.05. The van der Waals surface area contributed by atoms with Gasteiger partial charge in [-0.05, 0) is 36.8 Å². The molecule has 1 heterocycles. The van der Waals surface area contributed by atoms with Gasteiger partial charge >= 0.3 is 0 Å². The predicted octanol–water partition coefficient (Wildman–Crippen LogP) is 3.49. The molecule has 21 heavy (non-hydrogen) atoms. The molecule has 3 nitrogen and oxygen atoms in total. The summed E-state index contributed by atoms with van der Waals surface area (Å²) < 4.78 is 19.0. The van der Waals surface area contributed by atoms with Gasteiger partial charge in [0.25, 0.3) is 0 Å². The predicted molar refractivity (Wildman–Crippen MR) is 80.7 cm³/mol. The number of hydrogen-bond donors (Lipinski definition) is 0. The van der Waals surface area contributed by atoms with Gasteiger partial charge in [0, 0.05) is 19.5 Å². The maximum Gasteiger partial charge on any atom is 0.222 e. The van der Waals surface area contributed by atoms with E-state index in [4.69, 9.17) is 4.74 Å². The van der Waals surface area contributed by atoms with Crippen molar-refractivity contribution >= 4 is 5.91 Å². The molecule has 0 N–H and O–H groups in total. The third-order valence-electron chi connectivity index (χ3n) is 3.86. The summed E-state index contributed by atoms with van der Waals surface area (Å²) in [6, 6.07) is 6.48. The molecule has 1 aromatic rings. The number of carbonyl (C=O) groups excluding carboxylic acids is 1. The molecule has 0 aromatic heterocycles. The minimum atomic E-state index is -0.318. The second kappa shape index (κ2) is 7.43. The van der Waals surface area contributed by atoms with E-state index >= 15 is 0 Å². The minimum absolute atomic E-state index is 0.249. The second-order valence-electron chi connectivity index (χ2n) is 6.16. The number of hydrogen-bond acceptors (Lipinski definition) is 2. The first-order valence-electron chi connectivity index (χ1n) is 7.71. The van der Waals surface area contributed by atoms with E-state index in [0.717, 1.165) is 25.9 Å². The molecule has 1 aliphatic rings. The van der Waals surface area contributed by atoms with Crippen LogP contribution in [0.1, 0.15) is 33.1 Å². The lowest BCUT2D eigenvalue weighted by atomic mass is 9.97. The van der Waals surface area contributed by atoms with Gasteiger partial charge in [0.1, 0.15) is 0 Å². The number of benzene rings is 1. The maximum absolute atomic E-state index is 13.5. The fourth-order valence-corrected chi connectivity index (χ4v) is 2.60. The number of amides is 1. The van der Waals surface area contributed by atoms with Crippen molar-refractivity contribution in [3.05, 3.63) is 30.1 Å². The van der Waals surface area contributed by atoms with Gasteiger partial charge in [-0.2, -0.15) is 0 Å². The highest BCUT2D eigenvalue weighted by Crippen LogP contribution is 2.22. The lowest BCUT2D eigenvalue weighted by Gasteiger charge is -2.32. The molecule has 1 aliphatic heterocycles. The molecule has 0 unspecified atom stereocenters. The van der Waals surface area contributed by atoms with Crippen molar-refractivity contribution in [2.75, 3.05) is 19.7 Å². The molecule has 116 valence electrons. The number of piperidine rings is 1. The Morgan fingerprint density at radius 3 is 2.62 bits per heavy atom. The standard InChI is InChI=1S/C17H24FNO2/c1-13(2)11-17(20)19-9-7-14(8-10-19)12-21-16-6-4-3-5-15(16)18/h3-6,13-14H,7-12H2,1-2H3. The van der Waals surface area contributed by atoms with Crippen molar-refractivity contribution in [3.63, 3.8) is 0 Å². The van der Waals surface area contributed by atoms with E-state index in [1.54, 1.807) is 18.2 Å². The number of rotatable bonds is 5. The molecule has 0 bridgehead atoms. The molecule has 0 radical (unpaired) electrons. The van der Waals surface area contributed by atoms with Gasteiger partial charge in [-0.25, -0.2) is 4.39 Å². The van der Waals surface area contributed by atoms with Gasteiger partial charge in [-0.1, -0.05) is 26.0 Å². The Labute approximate surface area is 126 Å². The Morgan fingerprint density at radius 1 is 1.33 bits per heavy atom. The summed E-state index contributed by atoms with van der Waals surface area (Å²) in [5.41, 5.74) is 0. The van der Waals surface area contributed by atoms with Crippen LogP contribution in [0, 0.1) is 17.7 Å². The molecule has 0 saturated carbocycles. The summed E-state index contributed by atoms with van der Waals surface area (Å²) in [4.78, 5) is 13.9. The molecule has 2 rings (SSSR count). The Hall–Kier alpha value is -1.58. The van der Waals surface area contributed by atoms with E-state index in [1.807, 2.05) is 4.90 Å². The molecule has 0 atom stereocenters. The summed E-state index contributed by atoms with van der Waals surface area (Å²) >= 11 is 0. The van der Waals surface area contributed by atoms with Crippen molar-refractivity contribution in [1.29, 1.82) is 0 Å². The molecule has 4 heteroatoms. The van der Waals surface area contributed by atoms with E-state index in [1.165, 1.54) is 6.07 Å². The van der Waals surface area contributed by atoms with Crippen LogP contribution in [0.3, 0.4) is 0 Å². The fraction of sp³-hybridized carbons (Fsp3) is 0.588. The first-order chi connectivity index (χ1) is 10.1. The summed E-state index contributed by atoms with van der Waals surface area (Å²) in [6.07, 6.45) is 2.48. The smallest absolute Gasteiger partial charge is 0.222 e. The topological polar surface area (TPSA) is 29.5 Å². The summed E-state index contributed by atoms with van der Waals surface area (Å²) in [5, 5.41) is 0. The van der Waals surface area contributed by atoms with Gasteiger partial charge in [-0.15, -0.1) is 0 Å². The molecular weight excluding hydrogens is 269 g/mol. The summed E-state index contributed by atoms with van der Waals surface area (Å²) in [7, 11) is 0. The third-order valence-corrected chi connectivity index (χ3v) is 3.86. The Bertz CT molecular complexity index is 468. The van der Waals surface area contributed by atoms with E-state index in [0.29, 0.717) is 30.6 Å². The summed E-state index contributed by atoms with van der Waals surface area (Å²) in [6.45, 7) is 6.22. The molecule has 1 saturated heterocycles. The average Bonchev–Trinajstić information content (AvgIpc) is 2.46. The van der Waals surface area contributed by atoms with Gasteiger partial charge < -0.3 is 9.64 Å². The number of nitrogens with zero attached hydrogens (tertiary/aromatic N) is 1. The van der Waals surface area contributed by atoms with Gasteiger partial charge in [0.2, 0.25) is 5.91 Å². The largest absolute Gasteiger partial charge is 0.490 e. The van der Waals surface area contributed by atoms with Crippen molar-refractivity contribution in [1.82, 2.24) is 4.90 Å². The van der Waals surface area contributed by atoms with Gasteiger partial charge in [0.05, 0.1) is 6.61 Å². The Morgan fingerprint density at radius 2 is 2.00 bits per heavy atom. The van der Waals surface area contributed by atoms with Crippen LogP contribution in [-0.2, 0) is 4.79 Å². The highest BCUT2D eigenvalue weighted by molar-refractivity contribution is 5.76. The van der Waals surface area contributed by atoms with E-state index in [9.17, 15) is 9.18 Å². The van der Waals surface area contributed by atoms with E-state index in [-0.39, 0.29) is 11.7 Å². The molecular formula is C17H24FNO2. The van der Waals surface area contributed by atoms with E-state index < -0.39 is 0 Å². The quantitative estimate of drug-likeness (QED) is 0.831. The fourth-order valence-electron chi connectivity index (χ4n) is 2.60. The van der Waals surface area contributed by atoms with Crippen LogP contribution in [0.5, 0.6) is 5.75 Å². The maximum atomic E-state index is 13.5. The number of para-hydroxylation sites is 1. The van der Waals surface area contributed by atoms with Crippen molar-refractivity contribution in [3.8, 4) is 5.75 Å². The molecule has 0 aliphatic carbocycles. The first kappa shape index (κ1) is 15.8. The monoisotopic (exact) mass is 293 g/mol. The highest BCUT2D eigenvalue weighted by atomic mass is 19.1. The van der Waals surface area contributed by atoms with Crippen LogP contribution in [-0.4, -0.2) is 30.5 Å². The van der Waals surface area contributed by atoms with Crippen LogP contribution in [0.25, 0.3) is 0 Å². The molecule has 0 spiro atoms. The SMILES string of the molecule is CC(C)CC(=O)N1CCC(COc2ccccc2F)CC1. The first-order valence-corrected chi connectivity index (χ1v) is 7.71. The zero-order valence-electron chi connectivity index (χ0n) is 12.8. The van der Waals surface area contributed by atoms with Crippen LogP contribution < -0.4 is 4.74 Å². The van der Waals surface area contributed by atoms with Gasteiger partial charge in [0.15, 0.2) is 11.6 Å². The number of halogens is 1. The lowest BCUT2D eigenvalue weighted by Crippen LogP contribution is -2.40. The van der Waals surface area contributed by atoms with E-state index in [2.05, 4.69) is 13.8 Å². The third kappa shape index (κ3) is 4.73. The molecule has 1 fully saturated rings. The van der Waals surface area contributed by atoms with Crippen LogP contribution >= 0.6 is 0 Å². The normalized spacial score (nSPS) is 16.3. The van der Waals surface area contributed by atoms with Crippen LogP contribution in [0.4, 0.5) is 4.39 Å². The van der Waals surface area contributed by atoms with Crippen LogP contribution in [0.15, 0.2) is 24.3 Å². The lowest BCUT2D eigenvalue weighted by molar-refractivity contribution is -0.133. The number of ether oxygens (including phenoxy) is 1. The van der Waals surface area contributed by atoms with Crippen molar-refractivity contribution in [2.45, 2.75) is 33.1 Å². The second-order valence-corrected chi connectivity index (χ2v) is 6.16. The molecule has 1 amide bonds. The van der Waals surface area contributed by atoms with Crippen LogP contribution in [0.2, 0.25) is 0 Å². The minimum Gasteiger partial charge on any atom is -0.490 e. The van der Waals surface area contributed by atoms with Crippen molar-refractivity contribution in [2.24, 2.45) is 11.8 Å². The Balaban J connectivity index is 1.74. The number of likely N-dealkylation sites (tertiary alicyclic amines) is 1. The van der Waals surface area contributed by atoms with Crippen molar-refractivity contribution < 1.29 is 13.9 Å². The molecule has 1 aromatic carbocycles. The van der Waals surface area contributed by atoms with Gasteiger partial charge in [-0.3, -0.25) is 4.79 Å². The Kier molecular flexibility index (Phi) is 5.59. The zero-order chi connectivity index (χ0) is 15.2. The highest BCUT2D eigenvalue weighted by Gasteiger charge is 2.23. The number of carbonyl (C=O) groups is 1. The average molecular weight is 293 g/mol. The zero-order valence-corrected chi connectivity index (χ0v) is 12.8.